The normalized spacial score (nSPS) is 9.82. The van der Waals surface area contributed by atoms with E-state index >= 15 is 0 Å². The van der Waals surface area contributed by atoms with Crippen molar-refractivity contribution in [3.8, 4) is 6.07 Å². The molecule has 6 nitrogen and oxygen atoms in total. The molecule has 0 aliphatic heterocycles. The Morgan fingerprint density at radius 3 is 2.55 bits per heavy atom. The zero-order valence-corrected chi connectivity index (χ0v) is 12.0. The van der Waals surface area contributed by atoms with Gasteiger partial charge in [0.05, 0.1) is 16.6 Å². The van der Waals surface area contributed by atoms with Crippen molar-refractivity contribution in [2.45, 2.75) is 6.54 Å². The van der Waals surface area contributed by atoms with Crippen LogP contribution in [-0.4, -0.2) is 10.8 Å². The van der Waals surface area contributed by atoms with Gasteiger partial charge < -0.3 is 5.32 Å². The minimum absolute atomic E-state index is 0.0527. The smallest absolute Gasteiger partial charge is 0.283 e. The van der Waals surface area contributed by atoms with Crippen LogP contribution in [0.3, 0.4) is 0 Å². The van der Waals surface area contributed by atoms with Crippen LogP contribution in [0.2, 0.25) is 5.02 Å². The van der Waals surface area contributed by atoms with Gasteiger partial charge in [0.1, 0.15) is 5.56 Å². The van der Waals surface area contributed by atoms with Gasteiger partial charge in [-0.2, -0.15) is 5.26 Å². The first-order valence-corrected chi connectivity index (χ1v) is 6.60. The molecule has 0 unspecified atom stereocenters. The molecule has 0 aliphatic carbocycles. The first-order valence-electron chi connectivity index (χ1n) is 6.22. The Kier molecular flexibility index (Phi) is 4.71. The van der Waals surface area contributed by atoms with E-state index < -0.39 is 10.8 Å². The third-order valence-corrected chi connectivity index (χ3v) is 3.17. The molecule has 2 rings (SSSR count). The first kappa shape index (κ1) is 15.5. The summed E-state index contributed by atoms with van der Waals surface area (Å²) in [4.78, 5) is 22.4. The number of halogens is 1. The molecule has 0 bridgehead atoms. The predicted octanol–water partition coefficient (Wildman–Crippen LogP) is 3.05. The Hall–Kier alpha value is -2.91. The lowest BCUT2D eigenvalue weighted by Crippen LogP contribution is -2.23. The molecule has 0 atom stereocenters. The van der Waals surface area contributed by atoms with Gasteiger partial charge >= 0.3 is 0 Å². The van der Waals surface area contributed by atoms with Gasteiger partial charge in [-0.05, 0) is 29.8 Å². The first-order chi connectivity index (χ1) is 10.5. The van der Waals surface area contributed by atoms with E-state index in [4.69, 9.17) is 16.9 Å². The number of nitrogens with zero attached hydrogens (tertiary/aromatic N) is 2. The summed E-state index contributed by atoms with van der Waals surface area (Å²) in [6.07, 6.45) is 0. The number of hydrogen-bond acceptors (Lipinski definition) is 4. The molecule has 0 aromatic heterocycles. The number of nitriles is 1. The van der Waals surface area contributed by atoms with E-state index in [9.17, 15) is 14.9 Å². The summed E-state index contributed by atoms with van der Waals surface area (Å²) >= 11 is 5.70. The van der Waals surface area contributed by atoms with E-state index in [0.29, 0.717) is 5.56 Å². The molecule has 1 N–H and O–H groups in total. The second-order valence-corrected chi connectivity index (χ2v) is 4.85. The Balaban J connectivity index is 2.12. The molecule has 0 saturated carbocycles. The van der Waals surface area contributed by atoms with Crippen LogP contribution in [0.25, 0.3) is 0 Å². The lowest BCUT2D eigenvalue weighted by Gasteiger charge is -2.06. The summed E-state index contributed by atoms with van der Waals surface area (Å²) in [6.45, 7) is 0.199. The fraction of sp³-hybridized carbons (Fsp3) is 0.0667. The van der Waals surface area contributed by atoms with E-state index in [1.165, 1.54) is 12.1 Å². The summed E-state index contributed by atoms with van der Waals surface area (Å²) in [5.41, 5.74) is 0.903. The van der Waals surface area contributed by atoms with E-state index in [2.05, 4.69) is 5.32 Å². The van der Waals surface area contributed by atoms with Crippen LogP contribution in [0.15, 0.2) is 42.5 Å². The Morgan fingerprint density at radius 1 is 1.27 bits per heavy atom. The highest BCUT2D eigenvalue weighted by Crippen LogP contribution is 2.23. The van der Waals surface area contributed by atoms with Crippen molar-refractivity contribution in [1.29, 1.82) is 5.26 Å². The standard InChI is InChI=1S/C15H10ClN3O3/c16-12-5-6-13(14(7-12)19(21)22)15(20)18-9-11-3-1-10(8-17)2-4-11/h1-7H,9H2,(H,18,20). The monoisotopic (exact) mass is 315 g/mol. The predicted molar refractivity (Wildman–Crippen MR) is 80.4 cm³/mol. The summed E-state index contributed by atoms with van der Waals surface area (Å²) < 4.78 is 0. The number of carbonyl (C=O) groups excluding carboxylic acids is 1. The average molecular weight is 316 g/mol. The lowest BCUT2D eigenvalue weighted by atomic mass is 10.1. The number of rotatable bonds is 4. The van der Waals surface area contributed by atoms with E-state index in [0.717, 1.165) is 11.6 Å². The fourth-order valence-electron chi connectivity index (χ4n) is 1.82. The molecular weight excluding hydrogens is 306 g/mol. The third-order valence-electron chi connectivity index (χ3n) is 2.94. The van der Waals surface area contributed by atoms with Crippen LogP contribution in [0.4, 0.5) is 5.69 Å². The molecule has 110 valence electrons. The molecule has 0 saturated heterocycles. The molecule has 0 heterocycles. The number of carbonyl (C=O) groups is 1. The second-order valence-electron chi connectivity index (χ2n) is 4.41. The van der Waals surface area contributed by atoms with Gasteiger partial charge in [-0.15, -0.1) is 0 Å². The van der Waals surface area contributed by atoms with Crippen LogP contribution in [0, 0.1) is 21.4 Å². The minimum atomic E-state index is -0.650. The topological polar surface area (TPSA) is 96.0 Å². The molecule has 22 heavy (non-hydrogen) atoms. The maximum Gasteiger partial charge on any atom is 0.283 e. The maximum absolute atomic E-state index is 12.1. The average Bonchev–Trinajstić information content (AvgIpc) is 2.53. The number of nitrogens with one attached hydrogen (secondary N) is 1. The highest BCUT2D eigenvalue weighted by molar-refractivity contribution is 6.31. The van der Waals surface area contributed by atoms with Gasteiger partial charge in [0.25, 0.3) is 11.6 Å². The molecule has 0 fully saturated rings. The van der Waals surface area contributed by atoms with Gasteiger partial charge in [-0.1, -0.05) is 23.7 Å². The number of amides is 1. The summed E-state index contributed by atoms with van der Waals surface area (Å²) in [7, 11) is 0. The van der Waals surface area contributed by atoms with Crippen molar-refractivity contribution < 1.29 is 9.72 Å². The molecule has 0 aliphatic rings. The SMILES string of the molecule is N#Cc1ccc(CNC(=O)c2ccc(Cl)cc2[N+](=O)[O-])cc1. The second kappa shape index (κ2) is 6.70. The van der Waals surface area contributed by atoms with E-state index in [-0.39, 0.29) is 22.8 Å². The van der Waals surface area contributed by atoms with Crippen LogP contribution in [0.5, 0.6) is 0 Å². The number of benzene rings is 2. The highest BCUT2D eigenvalue weighted by Gasteiger charge is 2.20. The minimum Gasteiger partial charge on any atom is -0.348 e. The largest absolute Gasteiger partial charge is 0.348 e. The van der Waals surface area contributed by atoms with Crippen molar-refractivity contribution in [2.24, 2.45) is 0 Å². The molecule has 7 heteroatoms. The zero-order valence-electron chi connectivity index (χ0n) is 11.2. The van der Waals surface area contributed by atoms with Crippen LogP contribution in [0.1, 0.15) is 21.5 Å². The van der Waals surface area contributed by atoms with Crippen molar-refractivity contribution in [3.63, 3.8) is 0 Å². The van der Waals surface area contributed by atoms with Crippen molar-refractivity contribution >= 4 is 23.2 Å². The van der Waals surface area contributed by atoms with Gasteiger partial charge in [0.2, 0.25) is 0 Å². The zero-order chi connectivity index (χ0) is 16.1. The Labute approximate surface area is 131 Å². The quantitative estimate of drug-likeness (QED) is 0.692. The molecule has 1 amide bonds. The van der Waals surface area contributed by atoms with Crippen molar-refractivity contribution in [2.75, 3.05) is 0 Å². The summed E-state index contributed by atoms with van der Waals surface area (Å²) in [6, 6.07) is 12.5. The molecule has 2 aromatic rings. The molecule has 2 aromatic carbocycles. The fourth-order valence-corrected chi connectivity index (χ4v) is 1.99. The maximum atomic E-state index is 12.1. The van der Waals surface area contributed by atoms with Crippen LogP contribution < -0.4 is 5.32 Å². The lowest BCUT2D eigenvalue weighted by molar-refractivity contribution is -0.385. The van der Waals surface area contributed by atoms with Gasteiger partial charge in [0, 0.05) is 17.6 Å². The van der Waals surface area contributed by atoms with Crippen LogP contribution in [-0.2, 0) is 6.54 Å². The van der Waals surface area contributed by atoms with Gasteiger partial charge in [0.15, 0.2) is 0 Å². The van der Waals surface area contributed by atoms with E-state index in [1.54, 1.807) is 24.3 Å². The van der Waals surface area contributed by atoms with Crippen molar-refractivity contribution in [3.05, 3.63) is 74.3 Å². The van der Waals surface area contributed by atoms with Crippen LogP contribution >= 0.6 is 11.6 Å². The van der Waals surface area contributed by atoms with Gasteiger partial charge in [-0.25, -0.2) is 0 Å². The Bertz CT molecular complexity index is 767. The summed E-state index contributed by atoms with van der Waals surface area (Å²) in [5.74, 6) is -0.562. The molecular formula is C15H10ClN3O3. The Morgan fingerprint density at radius 2 is 1.95 bits per heavy atom. The number of hydrogen-bond donors (Lipinski definition) is 1. The third kappa shape index (κ3) is 3.59. The van der Waals surface area contributed by atoms with Crippen molar-refractivity contribution in [1.82, 2.24) is 5.32 Å². The van der Waals surface area contributed by atoms with Gasteiger partial charge in [-0.3, -0.25) is 14.9 Å². The molecule has 0 radical (unpaired) electrons. The number of nitro benzene ring substituents is 1. The summed E-state index contributed by atoms with van der Waals surface area (Å²) in [5, 5.41) is 22.5. The number of nitro groups is 1. The van der Waals surface area contributed by atoms with E-state index in [1.807, 2.05) is 6.07 Å². The molecule has 0 spiro atoms. The highest BCUT2D eigenvalue weighted by atomic mass is 35.5.